The fourth-order valence-electron chi connectivity index (χ4n) is 3.94. The number of hydrogen-bond acceptors (Lipinski definition) is 5. The van der Waals surface area contributed by atoms with Crippen molar-refractivity contribution >= 4 is 17.6 Å². The van der Waals surface area contributed by atoms with Gasteiger partial charge >= 0.3 is 6.18 Å². The lowest BCUT2D eigenvalue weighted by Gasteiger charge is -2.31. The maximum absolute atomic E-state index is 13.7. The van der Waals surface area contributed by atoms with Crippen LogP contribution in [0, 0.1) is 31.1 Å². The van der Waals surface area contributed by atoms with E-state index in [1.807, 2.05) is 24.3 Å². The molecule has 0 saturated heterocycles. The SMILES string of the molecule is C#C.C#CCC(/C=C(\C(N)=NC)C(F)(F)F)=C1\C=CC(=NC)N(CC2=CC=C(OCCCNC(=O)C3CC3)C=CC2)N1. The van der Waals surface area contributed by atoms with E-state index in [4.69, 9.17) is 16.9 Å². The van der Waals surface area contributed by atoms with E-state index < -0.39 is 17.6 Å². The number of allylic oxidation sites excluding steroid dienone is 7. The third-order valence-electron chi connectivity index (χ3n) is 6.28. The first-order chi connectivity index (χ1) is 20.2. The van der Waals surface area contributed by atoms with Crippen molar-refractivity contribution in [3.05, 3.63) is 70.7 Å². The van der Waals surface area contributed by atoms with Crippen LogP contribution in [-0.4, -0.2) is 62.6 Å². The number of carbonyl (C=O) groups is 1. The van der Waals surface area contributed by atoms with Gasteiger partial charge in [0.25, 0.3) is 0 Å². The lowest BCUT2D eigenvalue weighted by molar-refractivity contribution is -0.122. The maximum atomic E-state index is 13.7. The summed E-state index contributed by atoms with van der Waals surface area (Å²) in [5.74, 6) is 3.41. The van der Waals surface area contributed by atoms with Crippen LogP contribution in [0.4, 0.5) is 13.2 Å². The highest BCUT2D eigenvalue weighted by Crippen LogP contribution is 2.29. The van der Waals surface area contributed by atoms with Crippen molar-refractivity contribution < 1.29 is 22.7 Å². The van der Waals surface area contributed by atoms with Crippen LogP contribution in [0.3, 0.4) is 0 Å². The third kappa shape index (κ3) is 10.4. The Kier molecular flexibility index (Phi) is 13.3. The molecule has 1 aliphatic heterocycles. The number of rotatable bonds is 11. The number of amides is 1. The van der Waals surface area contributed by atoms with Gasteiger partial charge in [0.15, 0.2) is 0 Å². The molecule has 11 heteroatoms. The minimum atomic E-state index is -4.70. The quantitative estimate of drug-likeness (QED) is 0.147. The Morgan fingerprint density at radius 3 is 2.62 bits per heavy atom. The van der Waals surface area contributed by atoms with Crippen LogP contribution in [0.2, 0.25) is 0 Å². The molecule has 0 spiro atoms. The Hall–Kier alpha value is -4.64. The summed E-state index contributed by atoms with van der Waals surface area (Å²) in [5.41, 5.74) is 9.28. The average Bonchev–Trinajstić information content (AvgIpc) is 3.84. The number of terminal acetylenes is 2. The Morgan fingerprint density at radius 2 is 2.00 bits per heavy atom. The zero-order chi connectivity index (χ0) is 31.1. The predicted molar refractivity (Wildman–Crippen MR) is 161 cm³/mol. The van der Waals surface area contributed by atoms with Crippen molar-refractivity contribution in [2.75, 3.05) is 33.8 Å². The predicted octanol–water partition coefficient (Wildman–Crippen LogP) is 4.10. The fourth-order valence-corrected chi connectivity index (χ4v) is 3.94. The number of hydrazine groups is 1. The summed E-state index contributed by atoms with van der Waals surface area (Å²) in [5, 5.41) is 4.66. The number of ether oxygens (including phenoxy) is 1. The summed E-state index contributed by atoms with van der Waals surface area (Å²) < 4.78 is 46.8. The smallest absolute Gasteiger partial charge is 0.419 e. The molecule has 1 amide bonds. The zero-order valence-electron chi connectivity index (χ0n) is 23.9. The number of carbonyl (C=O) groups excluding carboxylic acids is 1. The van der Waals surface area contributed by atoms with Crippen molar-refractivity contribution in [3.8, 4) is 25.2 Å². The van der Waals surface area contributed by atoms with Gasteiger partial charge in [0.2, 0.25) is 5.91 Å². The van der Waals surface area contributed by atoms with Crippen LogP contribution in [0.1, 0.15) is 32.1 Å². The number of nitrogens with zero attached hydrogens (tertiary/aromatic N) is 3. The molecule has 0 aromatic heterocycles. The highest BCUT2D eigenvalue weighted by Gasteiger charge is 2.36. The van der Waals surface area contributed by atoms with E-state index in [1.165, 1.54) is 7.05 Å². The highest BCUT2D eigenvalue weighted by atomic mass is 19.4. The molecule has 224 valence electrons. The van der Waals surface area contributed by atoms with Gasteiger partial charge in [-0.2, -0.15) is 13.2 Å². The van der Waals surface area contributed by atoms with E-state index in [2.05, 4.69) is 39.5 Å². The molecule has 1 fully saturated rings. The Bertz CT molecular complexity index is 1290. The second-order valence-corrected chi connectivity index (χ2v) is 9.37. The molecule has 3 rings (SSSR count). The summed E-state index contributed by atoms with van der Waals surface area (Å²) >= 11 is 0. The molecule has 42 heavy (non-hydrogen) atoms. The van der Waals surface area contributed by atoms with Gasteiger partial charge < -0.3 is 15.8 Å². The van der Waals surface area contributed by atoms with Crippen LogP contribution >= 0.6 is 0 Å². The highest BCUT2D eigenvalue weighted by molar-refractivity contribution is 5.98. The number of aliphatic imine (C=N–C) groups is 2. The molecule has 3 aliphatic rings. The lowest BCUT2D eigenvalue weighted by Crippen LogP contribution is -2.45. The maximum Gasteiger partial charge on any atom is 0.419 e. The number of hydrogen-bond donors (Lipinski definition) is 3. The van der Waals surface area contributed by atoms with Crippen LogP contribution in [0.25, 0.3) is 0 Å². The number of alkyl halides is 3. The molecule has 1 saturated carbocycles. The second-order valence-electron chi connectivity index (χ2n) is 9.37. The Labute approximate surface area is 245 Å². The third-order valence-corrected chi connectivity index (χ3v) is 6.28. The molecule has 1 heterocycles. The van der Waals surface area contributed by atoms with Crippen molar-refractivity contribution in [2.24, 2.45) is 21.6 Å². The van der Waals surface area contributed by atoms with E-state index >= 15 is 0 Å². The summed E-state index contributed by atoms with van der Waals surface area (Å²) in [4.78, 5) is 19.5. The van der Waals surface area contributed by atoms with Gasteiger partial charge in [-0.1, -0.05) is 12.2 Å². The van der Waals surface area contributed by atoms with Crippen molar-refractivity contribution in [2.45, 2.75) is 38.3 Å². The lowest BCUT2D eigenvalue weighted by atomic mass is 10.0. The van der Waals surface area contributed by atoms with Gasteiger partial charge in [0, 0.05) is 33.0 Å². The van der Waals surface area contributed by atoms with Crippen LogP contribution in [-0.2, 0) is 9.53 Å². The molecule has 0 aromatic rings. The molecule has 0 atom stereocenters. The second kappa shape index (κ2) is 16.6. The summed E-state index contributed by atoms with van der Waals surface area (Å²) in [6.07, 6.45) is 24.0. The first-order valence-corrected chi connectivity index (χ1v) is 13.3. The summed E-state index contributed by atoms with van der Waals surface area (Å²) in [6, 6.07) is 0. The molecule has 0 bridgehead atoms. The first-order valence-electron chi connectivity index (χ1n) is 13.3. The molecular formula is C31H37F3N6O2. The van der Waals surface area contributed by atoms with Crippen LogP contribution in [0.5, 0.6) is 0 Å². The zero-order valence-corrected chi connectivity index (χ0v) is 23.9. The Morgan fingerprint density at radius 1 is 1.26 bits per heavy atom. The molecule has 8 nitrogen and oxygen atoms in total. The standard InChI is InChI=1S/C29H35F3N6O2.C2H2/c1-4-7-22(18-24(27(33)35-3)29(30,31)32)25-14-15-26(34-2)38(37-25)19-20-8-5-9-23(13-10-20)40-17-6-16-36-28(39)21-11-12-21;1-2/h1,5,9-10,13-15,18,21,37H,6-8,11-12,16-17,19H2,2-3H3,(H2,33,35)(H,36,39);1-2H/b24-18+,25-22-,34-26?;. The van der Waals surface area contributed by atoms with Gasteiger partial charge in [0.05, 0.1) is 24.4 Å². The number of halogens is 3. The molecule has 2 aliphatic carbocycles. The van der Waals surface area contributed by atoms with E-state index in [0.717, 1.165) is 24.5 Å². The number of nitrogens with two attached hydrogens (primary N) is 1. The summed E-state index contributed by atoms with van der Waals surface area (Å²) in [7, 11) is 2.83. The molecule has 0 aromatic carbocycles. The van der Waals surface area contributed by atoms with E-state index in [0.29, 0.717) is 49.8 Å². The van der Waals surface area contributed by atoms with Crippen molar-refractivity contribution in [1.29, 1.82) is 0 Å². The number of nitrogens with one attached hydrogen (secondary N) is 2. The normalized spacial score (nSPS) is 19.4. The molecule has 0 unspecified atom stereocenters. The van der Waals surface area contributed by atoms with Crippen molar-refractivity contribution in [3.63, 3.8) is 0 Å². The van der Waals surface area contributed by atoms with Crippen LogP contribution in [0.15, 0.2) is 80.7 Å². The monoisotopic (exact) mass is 582 g/mol. The topological polar surface area (TPSA) is 104 Å². The molecular weight excluding hydrogens is 545 g/mol. The largest absolute Gasteiger partial charge is 0.494 e. The van der Waals surface area contributed by atoms with E-state index in [-0.39, 0.29) is 23.8 Å². The van der Waals surface area contributed by atoms with Crippen LogP contribution < -0.4 is 16.5 Å². The van der Waals surface area contributed by atoms with Gasteiger partial charge in [-0.3, -0.25) is 25.2 Å². The first kappa shape index (κ1) is 33.6. The van der Waals surface area contributed by atoms with Crippen molar-refractivity contribution in [1.82, 2.24) is 15.8 Å². The van der Waals surface area contributed by atoms with Gasteiger partial charge in [-0.25, -0.2) is 0 Å². The van der Waals surface area contributed by atoms with Gasteiger partial charge in [-0.05, 0) is 67.2 Å². The molecule has 0 radical (unpaired) electrons. The minimum Gasteiger partial charge on any atom is -0.494 e. The Balaban J connectivity index is 0.00000301. The summed E-state index contributed by atoms with van der Waals surface area (Å²) in [6.45, 7) is 1.46. The average molecular weight is 583 g/mol. The minimum absolute atomic E-state index is 0.0607. The van der Waals surface area contributed by atoms with E-state index in [9.17, 15) is 18.0 Å². The molecule has 4 N–H and O–H groups in total. The van der Waals surface area contributed by atoms with Gasteiger partial charge in [0.1, 0.15) is 17.4 Å². The van der Waals surface area contributed by atoms with E-state index in [1.54, 1.807) is 24.2 Å². The number of amidine groups is 2. The fraction of sp³-hybridized carbons (Fsp3) is 0.387. The van der Waals surface area contributed by atoms with Gasteiger partial charge in [-0.15, -0.1) is 25.2 Å².